The van der Waals surface area contributed by atoms with E-state index in [0.29, 0.717) is 24.2 Å². The lowest BCUT2D eigenvalue weighted by Gasteiger charge is -2.16. The molecule has 0 saturated carbocycles. The van der Waals surface area contributed by atoms with Gasteiger partial charge in [0.25, 0.3) is 5.91 Å². The van der Waals surface area contributed by atoms with Gasteiger partial charge in [-0.3, -0.25) is 14.4 Å². The Balaban J connectivity index is 1.50. The lowest BCUT2D eigenvalue weighted by Crippen LogP contribution is -2.24. The van der Waals surface area contributed by atoms with Gasteiger partial charge in [-0.25, -0.2) is 4.79 Å². The maximum atomic E-state index is 11.9. The molecule has 0 atom stereocenters. The third-order valence-electron chi connectivity index (χ3n) is 4.18. The lowest BCUT2D eigenvalue weighted by atomic mass is 10.2. The molecule has 0 radical (unpaired) electrons. The second-order valence-electron chi connectivity index (χ2n) is 6.18. The fourth-order valence-electron chi connectivity index (χ4n) is 2.77. The van der Waals surface area contributed by atoms with Crippen molar-refractivity contribution in [1.82, 2.24) is 4.98 Å². The third kappa shape index (κ3) is 4.41. The Bertz CT molecular complexity index is 885. The van der Waals surface area contributed by atoms with Gasteiger partial charge in [-0.1, -0.05) is 0 Å². The molecular formula is C19H19N3O5. The summed E-state index contributed by atoms with van der Waals surface area (Å²) < 4.78 is 4.93. The van der Waals surface area contributed by atoms with Crippen molar-refractivity contribution < 1.29 is 23.9 Å². The van der Waals surface area contributed by atoms with Crippen LogP contribution in [0.25, 0.3) is 0 Å². The summed E-state index contributed by atoms with van der Waals surface area (Å²) >= 11 is 0. The molecule has 0 spiro atoms. The zero-order valence-electron chi connectivity index (χ0n) is 14.8. The van der Waals surface area contributed by atoms with Gasteiger partial charge in [0.1, 0.15) is 5.69 Å². The van der Waals surface area contributed by atoms with Crippen LogP contribution in [0.3, 0.4) is 0 Å². The number of H-pyrrole nitrogens is 1. The molecule has 140 valence electrons. The van der Waals surface area contributed by atoms with Crippen molar-refractivity contribution in [3.8, 4) is 0 Å². The molecule has 1 aliphatic heterocycles. The molecule has 8 nitrogen and oxygen atoms in total. The Labute approximate surface area is 155 Å². The van der Waals surface area contributed by atoms with Crippen LogP contribution in [0.2, 0.25) is 0 Å². The fraction of sp³-hybridized carbons (Fsp3) is 0.263. The summed E-state index contributed by atoms with van der Waals surface area (Å²) in [6.45, 7) is 1.63. The third-order valence-corrected chi connectivity index (χ3v) is 4.18. The Hall–Kier alpha value is -3.42. The largest absolute Gasteiger partial charge is 0.451 e. The molecule has 1 fully saturated rings. The van der Waals surface area contributed by atoms with Gasteiger partial charge in [0.05, 0.1) is 0 Å². The first kappa shape index (κ1) is 18.4. The first-order chi connectivity index (χ1) is 12.9. The molecule has 1 aromatic heterocycles. The van der Waals surface area contributed by atoms with Crippen LogP contribution >= 0.6 is 0 Å². The first-order valence-corrected chi connectivity index (χ1v) is 8.51. The van der Waals surface area contributed by atoms with Gasteiger partial charge in [0, 0.05) is 36.1 Å². The van der Waals surface area contributed by atoms with Crippen LogP contribution in [0.1, 0.15) is 40.6 Å². The normalized spacial score (nSPS) is 13.5. The van der Waals surface area contributed by atoms with E-state index < -0.39 is 18.5 Å². The number of Topliss-reactive ketones (excluding diaryl/α,β-unsaturated/α-hetero) is 1. The molecule has 27 heavy (non-hydrogen) atoms. The number of carbonyl (C=O) groups is 4. The van der Waals surface area contributed by atoms with Crippen molar-refractivity contribution >= 4 is 34.9 Å². The number of ketones is 1. The van der Waals surface area contributed by atoms with E-state index in [1.807, 2.05) is 0 Å². The molecule has 1 saturated heterocycles. The van der Waals surface area contributed by atoms with Gasteiger partial charge in [-0.15, -0.1) is 0 Å². The summed E-state index contributed by atoms with van der Waals surface area (Å²) in [5.41, 5.74) is 1.79. The van der Waals surface area contributed by atoms with Crippen LogP contribution in [-0.2, 0) is 14.3 Å². The van der Waals surface area contributed by atoms with Gasteiger partial charge in [-0.05, 0) is 43.7 Å². The Kier molecular flexibility index (Phi) is 5.35. The standard InChI is InChI=1S/C19H19N3O5/c1-12(23)13-9-16(20-10-13)19(26)27-11-17(24)21-14-4-6-15(7-5-14)22-8-2-3-18(22)25/h4-7,9-10,20H,2-3,8,11H2,1H3,(H,21,24). The van der Waals surface area contributed by atoms with Gasteiger partial charge in [0.2, 0.25) is 5.91 Å². The number of benzene rings is 1. The molecule has 8 heteroatoms. The predicted octanol–water partition coefficient (Wildman–Crippen LogP) is 2.14. The molecule has 2 amide bonds. The highest BCUT2D eigenvalue weighted by Gasteiger charge is 2.21. The number of aromatic nitrogens is 1. The Morgan fingerprint density at radius 2 is 1.96 bits per heavy atom. The van der Waals surface area contributed by atoms with Crippen molar-refractivity contribution in [3.05, 3.63) is 47.8 Å². The molecule has 0 aliphatic carbocycles. The molecule has 2 heterocycles. The predicted molar refractivity (Wildman–Crippen MR) is 97.7 cm³/mol. The highest BCUT2D eigenvalue weighted by atomic mass is 16.5. The van der Waals surface area contributed by atoms with Crippen molar-refractivity contribution in [2.45, 2.75) is 19.8 Å². The average Bonchev–Trinajstić information content (AvgIpc) is 3.30. The smallest absolute Gasteiger partial charge is 0.355 e. The monoisotopic (exact) mass is 369 g/mol. The summed E-state index contributed by atoms with van der Waals surface area (Å²) in [6, 6.07) is 8.26. The minimum Gasteiger partial charge on any atom is -0.451 e. The maximum Gasteiger partial charge on any atom is 0.355 e. The van der Waals surface area contributed by atoms with Crippen LogP contribution in [0.4, 0.5) is 11.4 Å². The fourth-order valence-corrected chi connectivity index (χ4v) is 2.77. The minimum absolute atomic E-state index is 0.0935. The van der Waals surface area contributed by atoms with E-state index in [9.17, 15) is 19.2 Å². The van der Waals surface area contributed by atoms with E-state index in [1.54, 1.807) is 29.2 Å². The Morgan fingerprint density at radius 3 is 2.56 bits per heavy atom. The molecule has 1 aliphatic rings. The van der Waals surface area contributed by atoms with Gasteiger partial charge < -0.3 is 19.9 Å². The lowest BCUT2D eigenvalue weighted by molar-refractivity contribution is -0.119. The number of nitrogens with zero attached hydrogens (tertiary/aromatic N) is 1. The number of carbonyl (C=O) groups excluding carboxylic acids is 4. The van der Waals surface area contributed by atoms with Crippen molar-refractivity contribution in [1.29, 1.82) is 0 Å². The zero-order chi connectivity index (χ0) is 19.4. The summed E-state index contributed by atoms with van der Waals surface area (Å²) in [5.74, 6) is -1.30. The van der Waals surface area contributed by atoms with Crippen LogP contribution in [-0.4, -0.2) is 41.7 Å². The van der Waals surface area contributed by atoms with Crippen molar-refractivity contribution in [3.63, 3.8) is 0 Å². The number of aromatic amines is 1. The molecule has 1 aromatic carbocycles. The average molecular weight is 369 g/mol. The molecule has 2 N–H and O–H groups in total. The highest BCUT2D eigenvalue weighted by molar-refractivity contribution is 5.99. The number of esters is 1. The summed E-state index contributed by atoms with van der Waals surface area (Å²) in [7, 11) is 0. The SMILES string of the molecule is CC(=O)c1c[nH]c(C(=O)OCC(=O)Nc2ccc(N3CCCC3=O)cc2)c1. The highest BCUT2D eigenvalue weighted by Crippen LogP contribution is 2.23. The van der Waals surface area contributed by atoms with E-state index in [2.05, 4.69) is 10.3 Å². The molecule has 2 aromatic rings. The first-order valence-electron chi connectivity index (χ1n) is 8.51. The van der Waals surface area contributed by atoms with Crippen LogP contribution in [0.15, 0.2) is 36.5 Å². The van der Waals surface area contributed by atoms with E-state index in [-0.39, 0.29) is 17.4 Å². The number of amides is 2. The quantitative estimate of drug-likeness (QED) is 0.599. The number of nitrogens with one attached hydrogen (secondary N) is 2. The number of rotatable bonds is 6. The summed E-state index contributed by atoms with van der Waals surface area (Å²) in [5, 5.41) is 2.62. The van der Waals surface area contributed by atoms with Gasteiger partial charge >= 0.3 is 5.97 Å². The maximum absolute atomic E-state index is 11.9. The van der Waals surface area contributed by atoms with Gasteiger partial charge in [0.15, 0.2) is 12.4 Å². The molecule has 0 bridgehead atoms. The number of ether oxygens (including phenoxy) is 1. The topological polar surface area (TPSA) is 109 Å². The van der Waals surface area contributed by atoms with E-state index in [4.69, 9.17) is 4.74 Å². The number of hydrogen-bond acceptors (Lipinski definition) is 5. The van der Waals surface area contributed by atoms with E-state index in [1.165, 1.54) is 19.2 Å². The van der Waals surface area contributed by atoms with E-state index in [0.717, 1.165) is 12.1 Å². The Morgan fingerprint density at radius 1 is 1.22 bits per heavy atom. The number of anilines is 2. The second-order valence-corrected chi connectivity index (χ2v) is 6.18. The molecule has 3 rings (SSSR count). The molecular weight excluding hydrogens is 350 g/mol. The van der Waals surface area contributed by atoms with Crippen LogP contribution in [0, 0.1) is 0 Å². The number of hydrogen-bond donors (Lipinski definition) is 2. The summed E-state index contributed by atoms with van der Waals surface area (Å²) in [4.78, 5) is 51.1. The van der Waals surface area contributed by atoms with Gasteiger partial charge in [-0.2, -0.15) is 0 Å². The zero-order valence-corrected chi connectivity index (χ0v) is 14.8. The van der Waals surface area contributed by atoms with E-state index >= 15 is 0 Å². The van der Waals surface area contributed by atoms with Crippen LogP contribution in [0.5, 0.6) is 0 Å². The molecule has 0 unspecified atom stereocenters. The minimum atomic E-state index is -0.722. The summed E-state index contributed by atoms with van der Waals surface area (Å²) in [6.07, 6.45) is 2.81. The van der Waals surface area contributed by atoms with Crippen molar-refractivity contribution in [2.24, 2.45) is 0 Å². The van der Waals surface area contributed by atoms with Crippen LogP contribution < -0.4 is 10.2 Å². The van der Waals surface area contributed by atoms with Crippen molar-refractivity contribution in [2.75, 3.05) is 23.4 Å². The second kappa shape index (κ2) is 7.86.